The number of benzene rings is 1. The van der Waals surface area contributed by atoms with Crippen LogP contribution in [-0.2, 0) is 0 Å². The van der Waals surface area contributed by atoms with Crippen LogP contribution in [0.15, 0.2) is 48.7 Å². The number of aromatic nitrogens is 3. The van der Waals surface area contributed by atoms with Crippen molar-refractivity contribution in [3.8, 4) is 0 Å². The summed E-state index contributed by atoms with van der Waals surface area (Å²) in [6.07, 6.45) is 1.93. The highest BCUT2D eigenvalue weighted by molar-refractivity contribution is 6.10. The van der Waals surface area contributed by atoms with Crippen molar-refractivity contribution in [2.45, 2.75) is 0 Å². The number of amides is 2. The van der Waals surface area contributed by atoms with Crippen molar-refractivity contribution in [1.82, 2.24) is 19.7 Å². The molecular weight excluding hydrogens is 290 g/mol. The SMILES string of the molecule is CNC(=O)N(C)c1nc2ccccc2c2nc3ccccn3c12. The summed E-state index contributed by atoms with van der Waals surface area (Å²) in [5.41, 5.74) is 3.30. The van der Waals surface area contributed by atoms with Crippen molar-refractivity contribution in [1.29, 1.82) is 0 Å². The van der Waals surface area contributed by atoms with E-state index in [0.717, 1.165) is 27.6 Å². The number of anilines is 1. The zero-order valence-corrected chi connectivity index (χ0v) is 12.8. The van der Waals surface area contributed by atoms with Gasteiger partial charge in [0.05, 0.1) is 5.52 Å². The summed E-state index contributed by atoms with van der Waals surface area (Å²) >= 11 is 0. The molecule has 114 valence electrons. The van der Waals surface area contributed by atoms with Gasteiger partial charge in [-0.2, -0.15) is 0 Å². The van der Waals surface area contributed by atoms with Crippen molar-refractivity contribution in [2.75, 3.05) is 19.0 Å². The predicted octanol–water partition coefficient (Wildman–Crippen LogP) is 2.81. The topological polar surface area (TPSA) is 62.5 Å². The molecule has 0 unspecified atom stereocenters. The molecule has 0 spiro atoms. The van der Waals surface area contributed by atoms with E-state index in [0.29, 0.717) is 5.82 Å². The molecule has 0 aliphatic carbocycles. The zero-order chi connectivity index (χ0) is 16.0. The summed E-state index contributed by atoms with van der Waals surface area (Å²) in [5, 5.41) is 3.61. The second kappa shape index (κ2) is 4.95. The van der Waals surface area contributed by atoms with Crippen LogP contribution in [0.2, 0.25) is 0 Å². The van der Waals surface area contributed by atoms with Crippen molar-refractivity contribution >= 4 is 39.4 Å². The van der Waals surface area contributed by atoms with Gasteiger partial charge in [0.25, 0.3) is 0 Å². The van der Waals surface area contributed by atoms with Gasteiger partial charge in [0.15, 0.2) is 5.82 Å². The van der Waals surface area contributed by atoms with Gasteiger partial charge in [-0.3, -0.25) is 9.30 Å². The van der Waals surface area contributed by atoms with Crippen molar-refractivity contribution in [3.63, 3.8) is 0 Å². The Morgan fingerprint density at radius 3 is 2.74 bits per heavy atom. The Morgan fingerprint density at radius 1 is 1.13 bits per heavy atom. The van der Waals surface area contributed by atoms with Crippen LogP contribution < -0.4 is 10.2 Å². The molecule has 6 nitrogen and oxygen atoms in total. The van der Waals surface area contributed by atoms with E-state index in [-0.39, 0.29) is 6.03 Å². The van der Waals surface area contributed by atoms with Gasteiger partial charge >= 0.3 is 6.03 Å². The summed E-state index contributed by atoms with van der Waals surface area (Å²) in [4.78, 5) is 23.0. The molecule has 4 rings (SSSR count). The predicted molar refractivity (Wildman–Crippen MR) is 90.9 cm³/mol. The first-order valence-corrected chi connectivity index (χ1v) is 7.31. The number of fused-ring (bicyclic) bond motifs is 5. The van der Waals surface area contributed by atoms with Crippen LogP contribution >= 0.6 is 0 Å². The minimum Gasteiger partial charge on any atom is -0.341 e. The van der Waals surface area contributed by atoms with Crippen LogP contribution in [0, 0.1) is 0 Å². The van der Waals surface area contributed by atoms with E-state index in [1.807, 2.05) is 53.1 Å². The highest BCUT2D eigenvalue weighted by Gasteiger charge is 2.20. The lowest BCUT2D eigenvalue weighted by Gasteiger charge is -2.17. The molecule has 0 aliphatic heterocycles. The summed E-state index contributed by atoms with van der Waals surface area (Å²) in [6, 6.07) is 13.4. The minimum absolute atomic E-state index is 0.222. The smallest absolute Gasteiger partial charge is 0.322 e. The summed E-state index contributed by atoms with van der Waals surface area (Å²) < 4.78 is 1.96. The fourth-order valence-electron chi connectivity index (χ4n) is 2.83. The van der Waals surface area contributed by atoms with Gasteiger partial charge in [-0.25, -0.2) is 14.8 Å². The van der Waals surface area contributed by atoms with E-state index in [1.165, 1.54) is 4.90 Å². The van der Waals surface area contributed by atoms with E-state index >= 15 is 0 Å². The molecule has 3 aromatic heterocycles. The monoisotopic (exact) mass is 305 g/mol. The van der Waals surface area contributed by atoms with Crippen LogP contribution in [0.4, 0.5) is 10.6 Å². The quantitative estimate of drug-likeness (QED) is 0.588. The van der Waals surface area contributed by atoms with Gasteiger partial charge in [-0.05, 0) is 18.2 Å². The fraction of sp³-hybridized carbons (Fsp3) is 0.118. The largest absolute Gasteiger partial charge is 0.341 e. The third-order valence-corrected chi connectivity index (χ3v) is 3.96. The molecule has 0 fully saturated rings. The number of pyridine rings is 2. The van der Waals surface area contributed by atoms with Crippen LogP contribution in [0.25, 0.3) is 27.6 Å². The maximum Gasteiger partial charge on any atom is 0.322 e. The van der Waals surface area contributed by atoms with Gasteiger partial charge in [-0.1, -0.05) is 24.3 Å². The van der Waals surface area contributed by atoms with E-state index < -0.39 is 0 Å². The van der Waals surface area contributed by atoms with Gasteiger partial charge in [0.1, 0.15) is 16.7 Å². The van der Waals surface area contributed by atoms with E-state index in [9.17, 15) is 4.79 Å². The lowest BCUT2D eigenvalue weighted by molar-refractivity contribution is 0.249. The number of carbonyl (C=O) groups is 1. The van der Waals surface area contributed by atoms with Gasteiger partial charge in [0.2, 0.25) is 0 Å². The first kappa shape index (κ1) is 13.5. The maximum atomic E-state index is 12.1. The Morgan fingerprint density at radius 2 is 1.91 bits per heavy atom. The van der Waals surface area contributed by atoms with Crippen LogP contribution in [0.3, 0.4) is 0 Å². The Labute approximate surface area is 132 Å². The second-order valence-corrected chi connectivity index (χ2v) is 5.30. The van der Waals surface area contributed by atoms with Crippen LogP contribution in [0.5, 0.6) is 0 Å². The molecule has 1 aromatic carbocycles. The molecule has 4 aromatic rings. The second-order valence-electron chi connectivity index (χ2n) is 5.30. The number of hydrogen-bond acceptors (Lipinski definition) is 3. The number of carbonyl (C=O) groups excluding carboxylic acids is 1. The number of para-hydroxylation sites is 1. The standard InChI is InChI=1S/C17H15N5O/c1-18-17(23)21(2)16-15-14(11-7-3-4-8-12(11)19-16)20-13-9-5-6-10-22(13)15/h3-10H,1-2H3,(H,18,23). The van der Waals surface area contributed by atoms with Crippen molar-refractivity contribution in [3.05, 3.63) is 48.7 Å². The molecule has 6 heteroatoms. The van der Waals surface area contributed by atoms with E-state index in [1.54, 1.807) is 14.1 Å². The van der Waals surface area contributed by atoms with Gasteiger partial charge < -0.3 is 5.32 Å². The third kappa shape index (κ3) is 1.92. The Hall–Kier alpha value is -3.15. The van der Waals surface area contributed by atoms with Gasteiger partial charge in [-0.15, -0.1) is 0 Å². The Kier molecular flexibility index (Phi) is 2.90. The number of hydrogen-bond donors (Lipinski definition) is 1. The number of imidazole rings is 1. The minimum atomic E-state index is -0.222. The Balaban J connectivity index is 2.20. The summed E-state index contributed by atoms with van der Waals surface area (Å²) in [6.45, 7) is 0. The molecular formula is C17H15N5O. The molecule has 0 atom stereocenters. The average Bonchev–Trinajstić information content (AvgIpc) is 2.99. The maximum absolute atomic E-state index is 12.1. The number of nitrogens with zero attached hydrogens (tertiary/aromatic N) is 4. The third-order valence-electron chi connectivity index (χ3n) is 3.96. The normalized spacial score (nSPS) is 11.2. The summed E-state index contributed by atoms with van der Waals surface area (Å²) in [5.74, 6) is 0.580. The highest BCUT2D eigenvalue weighted by Crippen LogP contribution is 2.31. The summed E-state index contributed by atoms with van der Waals surface area (Å²) in [7, 11) is 3.31. The van der Waals surface area contributed by atoms with Crippen LogP contribution in [-0.4, -0.2) is 34.5 Å². The van der Waals surface area contributed by atoms with E-state index in [4.69, 9.17) is 9.97 Å². The van der Waals surface area contributed by atoms with Gasteiger partial charge in [0, 0.05) is 25.7 Å². The van der Waals surface area contributed by atoms with Crippen molar-refractivity contribution in [2.24, 2.45) is 0 Å². The highest BCUT2D eigenvalue weighted by atomic mass is 16.2. The first-order chi connectivity index (χ1) is 11.2. The molecule has 0 radical (unpaired) electrons. The Bertz CT molecular complexity index is 1050. The molecule has 2 amide bonds. The molecule has 0 bridgehead atoms. The first-order valence-electron chi connectivity index (χ1n) is 7.31. The average molecular weight is 305 g/mol. The molecule has 3 heterocycles. The molecule has 0 saturated carbocycles. The molecule has 1 N–H and O–H groups in total. The van der Waals surface area contributed by atoms with Crippen LogP contribution in [0.1, 0.15) is 0 Å². The molecule has 0 saturated heterocycles. The number of nitrogens with one attached hydrogen (secondary N) is 1. The zero-order valence-electron chi connectivity index (χ0n) is 12.8. The number of rotatable bonds is 1. The lowest BCUT2D eigenvalue weighted by Crippen LogP contribution is -2.35. The fourth-order valence-corrected chi connectivity index (χ4v) is 2.83. The molecule has 0 aliphatic rings. The molecule has 23 heavy (non-hydrogen) atoms. The lowest BCUT2D eigenvalue weighted by atomic mass is 10.2. The van der Waals surface area contributed by atoms with Crippen molar-refractivity contribution < 1.29 is 4.79 Å². The number of urea groups is 1. The van der Waals surface area contributed by atoms with E-state index in [2.05, 4.69) is 5.32 Å².